The van der Waals surface area contributed by atoms with Crippen LogP contribution in [-0.2, 0) is 26.0 Å². The van der Waals surface area contributed by atoms with E-state index in [2.05, 4.69) is 10.0 Å². The largest absolute Gasteiger partial charge is 0.370 e. The number of primary amides is 1. The molecule has 1 saturated heterocycles. The number of anilines is 2. The van der Waals surface area contributed by atoms with Gasteiger partial charge in [0.15, 0.2) is 0 Å². The van der Waals surface area contributed by atoms with Crippen LogP contribution in [0.1, 0.15) is 36.9 Å². The van der Waals surface area contributed by atoms with E-state index >= 15 is 0 Å². The van der Waals surface area contributed by atoms with Gasteiger partial charge in [-0.25, -0.2) is 13.1 Å². The van der Waals surface area contributed by atoms with Gasteiger partial charge in [0.25, 0.3) is 0 Å². The van der Waals surface area contributed by atoms with Crippen molar-refractivity contribution in [3.05, 3.63) is 90.0 Å². The van der Waals surface area contributed by atoms with Gasteiger partial charge in [-0.2, -0.15) is 0 Å². The Bertz CT molecular complexity index is 1340. The predicted molar refractivity (Wildman–Crippen MR) is 145 cm³/mol. The zero-order valence-corrected chi connectivity index (χ0v) is 21.6. The molecule has 4 N–H and O–H groups in total. The van der Waals surface area contributed by atoms with Gasteiger partial charge in [-0.3, -0.25) is 9.59 Å². The van der Waals surface area contributed by atoms with Gasteiger partial charge >= 0.3 is 0 Å². The van der Waals surface area contributed by atoms with E-state index in [1.165, 1.54) is 6.07 Å². The molecule has 3 aromatic carbocycles. The lowest BCUT2D eigenvalue weighted by Gasteiger charge is -2.33. The summed E-state index contributed by atoms with van der Waals surface area (Å²) in [5.41, 5.74) is 8.09. The summed E-state index contributed by atoms with van der Waals surface area (Å²) in [5.74, 6) is -0.790. The second kappa shape index (κ2) is 11.6. The minimum absolute atomic E-state index is 0.0744. The molecule has 0 aromatic heterocycles. The predicted octanol–water partition coefficient (Wildman–Crippen LogP) is 3.61. The van der Waals surface area contributed by atoms with E-state index in [1.54, 1.807) is 19.1 Å². The number of carbonyl (C=O) groups excluding carboxylic acids is 2. The number of hydrogen-bond donors (Lipinski definition) is 3. The summed E-state index contributed by atoms with van der Waals surface area (Å²) in [7, 11) is -3.97. The van der Waals surface area contributed by atoms with E-state index < -0.39 is 16.1 Å². The monoisotopic (exact) mass is 520 g/mol. The highest BCUT2D eigenvalue weighted by Crippen LogP contribution is 2.32. The first-order chi connectivity index (χ1) is 17.7. The third kappa shape index (κ3) is 6.75. The molecule has 0 radical (unpaired) electrons. The van der Waals surface area contributed by atoms with E-state index in [0.717, 1.165) is 11.1 Å². The molecule has 37 heavy (non-hydrogen) atoms. The van der Waals surface area contributed by atoms with E-state index in [9.17, 15) is 18.0 Å². The molecular formula is C28H32N4O4S. The Kier molecular flexibility index (Phi) is 8.25. The van der Waals surface area contributed by atoms with Crippen LogP contribution in [0.25, 0.3) is 0 Å². The van der Waals surface area contributed by atoms with Crippen molar-refractivity contribution in [3.8, 4) is 0 Å². The summed E-state index contributed by atoms with van der Waals surface area (Å²) >= 11 is 0. The number of amides is 2. The number of rotatable bonds is 9. The van der Waals surface area contributed by atoms with Crippen LogP contribution in [0, 0.1) is 5.92 Å². The summed E-state index contributed by atoms with van der Waals surface area (Å²) in [6.07, 6.45) is 1.28. The number of nitrogens with two attached hydrogens (primary N) is 1. The second-order valence-electron chi connectivity index (χ2n) is 9.31. The molecule has 0 saturated carbocycles. The lowest BCUT2D eigenvalue weighted by Crippen LogP contribution is -2.39. The van der Waals surface area contributed by atoms with E-state index in [1.807, 2.05) is 65.6 Å². The molecule has 1 aliphatic heterocycles. The minimum atomic E-state index is -3.97. The first-order valence-electron chi connectivity index (χ1n) is 12.3. The minimum Gasteiger partial charge on any atom is -0.370 e. The van der Waals surface area contributed by atoms with Crippen LogP contribution in [0.5, 0.6) is 0 Å². The van der Waals surface area contributed by atoms with Gasteiger partial charge in [0.1, 0.15) is 4.90 Å². The van der Waals surface area contributed by atoms with Crippen molar-refractivity contribution in [3.63, 3.8) is 0 Å². The molecule has 0 unspecified atom stereocenters. The average molecular weight is 521 g/mol. The van der Waals surface area contributed by atoms with Crippen molar-refractivity contribution in [1.82, 2.24) is 4.72 Å². The molecule has 3 aromatic rings. The highest BCUT2D eigenvalue weighted by molar-refractivity contribution is 7.89. The summed E-state index contributed by atoms with van der Waals surface area (Å²) in [6, 6.07) is 23.1. The van der Waals surface area contributed by atoms with Gasteiger partial charge < -0.3 is 16.0 Å². The van der Waals surface area contributed by atoms with E-state index in [0.29, 0.717) is 37.3 Å². The average Bonchev–Trinajstić information content (AvgIpc) is 2.89. The molecule has 1 atom stereocenters. The standard InChI is InChI=1S/C28H32N4O4S/c1-20(22-10-6-3-7-11-22)31-37(35,36)26-19-24(30-27(33)18-21-8-4-2-5-9-21)12-13-25(26)32-16-14-23(15-17-32)28(29)34/h2-13,19-20,23,31H,14-18H2,1H3,(H2,29,34)(H,30,33)/t20-/m0/s1. The van der Waals surface area contributed by atoms with Crippen LogP contribution >= 0.6 is 0 Å². The normalized spacial score (nSPS) is 15.2. The highest BCUT2D eigenvalue weighted by Gasteiger charge is 2.29. The van der Waals surface area contributed by atoms with Crippen molar-refractivity contribution < 1.29 is 18.0 Å². The van der Waals surface area contributed by atoms with Crippen LogP contribution in [0.3, 0.4) is 0 Å². The number of sulfonamides is 1. The Hall–Kier alpha value is -3.69. The van der Waals surface area contributed by atoms with Gasteiger partial charge in [-0.1, -0.05) is 60.7 Å². The maximum absolute atomic E-state index is 13.7. The van der Waals surface area contributed by atoms with Crippen molar-refractivity contribution >= 4 is 33.2 Å². The third-order valence-corrected chi connectivity index (χ3v) is 8.18. The molecule has 0 spiro atoms. The zero-order chi connectivity index (χ0) is 26.4. The number of carbonyl (C=O) groups is 2. The molecule has 1 aliphatic rings. The fourth-order valence-electron chi connectivity index (χ4n) is 4.57. The smallest absolute Gasteiger partial charge is 0.243 e. The lowest BCUT2D eigenvalue weighted by molar-refractivity contribution is -0.122. The number of hydrogen-bond acceptors (Lipinski definition) is 5. The Morgan fingerprint density at radius 1 is 0.973 bits per heavy atom. The maximum Gasteiger partial charge on any atom is 0.243 e. The number of nitrogens with zero attached hydrogens (tertiary/aromatic N) is 1. The van der Waals surface area contributed by atoms with Crippen LogP contribution in [0.4, 0.5) is 11.4 Å². The summed E-state index contributed by atoms with van der Waals surface area (Å²) < 4.78 is 30.1. The van der Waals surface area contributed by atoms with Gasteiger partial charge in [-0.05, 0) is 49.1 Å². The van der Waals surface area contributed by atoms with Gasteiger partial charge in [0, 0.05) is 30.7 Å². The molecule has 0 bridgehead atoms. The summed E-state index contributed by atoms with van der Waals surface area (Å²) in [4.78, 5) is 26.3. The van der Waals surface area contributed by atoms with Gasteiger partial charge in [-0.15, -0.1) is 0 Å². The van der Waals surface area contributed by atoms with Crippen LogP contribution in [0.2, 0.25) is 0 Å². The van der Waals surface area contributed by atoms with Crippen LogP contribution < -0.4 is 20.7 Å². The third-order valence-electron chi connectivity index (χ3n) is 6.61. The molecule has 9 heteroatoms. The topological polar surface area (TPSA) is 122 Å². The molecule has 1 fully saturated rings. The molecule has 8 nitrogen and oxygen atoms in total. The molecule has 2 amide bonds. The fourth-order valence-corrected chi connectivity index (χ4v) is 6.05. The lowest BCUT2D eigenvalue weighted by atomic mass is 9.96. The highest BCUT2D eigenvalue weighted by atomic mass is 32.2. The summed E-state index contributed by atoms with van der Waals surface area (Å²) in [6.45, 7) is 2.80. The van der Waals surface area contributed by atoms with Crippen molar-refractivity contribution in [2.24, 2.45) is 11.7 Å². The fraction of sp³-hybridized carbons (Fsp3) is 0.286. The van der Waals surface area contributed by atoms with E-state index in [-0.39, 0.29) is 29.0 Å². The zero-order valence-electron chi connectivity index (χ0n) is 20.8. The summed E-state index contributed by atoms with van der Waals surface area (Å²) in [5, 5.41) is 2.83. The molecule has 194 valence electrons. The van der Waals surface area contributed by atoms with Crippen LogP contribution in [0.15, 0.2) is 83.8 Å². The second-order valence-corrected chi connectivity index (χ2v) is 11.0. The van der Waals surface area contributed by atoms with Gasteiger partial charge in [0.2, 0.25) is 21.8 Å². The quantitative estimate of drug-likeness (QED) is 0.398. The molecule has 4 rings (SSSR count). The molecular weight excluding hydrogens is 488 g/mol. The van der Waals surface area contributed by atoms with Crippen molar-refractivity contribution in [2.75, 3.05) is 23.3 Å². The van der Waals surface area contributed by atoms with Gasteiger partial charge in [0.05, 0.1) is 12.1 Å². The first kappa shape index (κ1) is 26.4. The van der Waals surface area contributed by atoms with Crippen molar-refractivity contribution in [2.45, 2.75) is 37.1 Å². The Morgan fingerprint density at radius 3 is 2.22 bits per heavy atom. The van der Waals surface area contributed by atoms with E-state index in [4.69, 9.17) is 5.73 Å². The molecule has 0 aliphatic carbocycles. The van der Waals surface area contributed by atoms with Crippen LogP contribution in [-0.4, -0.2) is 33.3 Å². The first-order valence-corrected chi connectivity index (χ1v) is 13.8. The SMILES string of the molecule is C[C@H](NS(=O)(=O)c1cc(NC(=O)Cc2ccccc2)ccc1N1CCC(C(N)=O)CC1)c1ccccc1. The maximum atomic E-state index is 13.7. The van der Waals surface area contributed by atoms with Crippen molar-refractivity contribution in [1.29, 1.82) is 0 Å². The molecule has 1 heterocycles. The Labute approximate surface area is 217 Å². The number of nitrogens with one attached hydrogen (secondary N) is 2. The Morgan fingerprint density at radius 2 is 1.59 bits per heavy atom. The number of benzene rings is 3. The number of piperidine rings is 1. The Balaban J connectivity index is 1.61.